The fourth-order valence-corrected chi connectivity index (χ4v) is 2.32. The second-order valence-corrected chi connectivity index (χ2v) is 4.22. The third kappa shape index (κ3) is 1.20. The van der Waals surface area contributed by atoms with Crippen LogP contribution in [0.15, 0.2) is 48.8 Å². The van der Waals surface area contributed by atoms with E-state index in [4.69, 9.17) is 0 Å². The molecule has 0 aliphatic carbocycles. The first-order valence-corrected chi connectivity index (χ1v) is 5.79. The van der Waals surface area contributed by atoms with E-state index in [2.05, 4.69) is 32.3 Å². The summed E-state index contributed by atoms with van der Waals surface area (Å²) in [6.45, 7) is 0. The summed E-state index contributed by atoms with van der Waals surface area (Å²) < 4.78 is 0. The number of nitrogens with zero attached hydrogens (tertiary/aromatic N) is 2. The van der Waals surface area contributed by atoms with Crippen molar-refractivity contribution in [3.8, 4) is 11.3 Å². The summed E-state index contributed by atoms with van der Waals surface area (Å²) in [6.07, 6.45) is 3.74. The molecule has 0 bridgehead atoms. The number of benzene rings is 1. The second-order valence-electron chi connectivity index (χ2n) is 4.22. The number of para-hydroxylation sites is 1. The molecule has 4 rings (SSSR count). The van der Waals surface area contributed by atoms with E-state index in [1.807, 2.05) is 30.5 Å². The van der Waals surface area contributed by atoms with Crippen LogP contribution in [0.4, 0.5) is 0 Å². The van der Waals surface area contributed by atoms with Crippen LogP contribution < -0.4 is 0 Å². The molecule has 0 spiro atoms. The lowest BCUT2D eigenvalue weighted by atomic mass is 10.1. The van der Waals surface area contributed by atoms with Gasteiger partial charge in [-0.2, -0.15) is 5.10 Å². The highest BCUT2D eigenvalue weighted by molar-refractivity contribution is 6.01. The number of aromatic nitrogens is 4. The smallest absolute Gasteiger partial charge is 0.137 e. The summed E-state index contributed by atoms with van der Waals surface area (Å²) in [5.41, 5.74) is 3.98. The highest BCUT2D eigenvalue weighted by Crippen LogP contribution is 2.30. The lowest BCUT2D eigenvalue weighted by Gasteiger charge is -1.95. The minimum atomic E-state index is 0.889. The average molecular weight is 234 g/mol. The van der Waals surface area contributed by atoms with E-state index >= 15 is 0 Å². The largest absolute Gasteiger partial charge is 0.345 e. The monoisotopic (exact) mass is 234 g/mol. The summed E-state index contributed by atoms with van der Waals surface area (Å²) in [6, 6.07) is 12.1. The Morgan fingerprint density at radius 1 is 0.944 bits per heavy atom. The minimum absolute atomic E-state index is 0.889. The fourth-order valence-electron chi connectivity index (χ4n) is 2.32. The van der Waals surface area contributed by atoms with E-state index < -0.39 is 0 Å². The van der Waals surface area contributed by atoms with Crippen molar-refractivity contribution in [2.45, 2.75) is 0 Å². The Morgan fingerprint density at radius 2 is 1.83 bits per heavy atom. The Hall–Kier alpha value is -2.62. The molecule has 0 saturated heterocycles. The standard InChI is InChI=1S/C14H10N4/c1-2-6-12-10(4-1)13(18-17-12)11-8-16-14-9(11)5-3-7-15-14/h1-8H,(H,15,16)(H,17,18). The Labute approximate surface area is 103 Å². The van der Waals surface area contributed by atoms with Crippen molar-refractivity contribution in [2.24, 2.45) is 0 Å². The molecule has 0 radical (unpaired) electrons. The molecule has 0 saturated carbocycles. The maximum Gasteiger partial charge on any atom is 0.137 e. The van der Waals surface area contributed by atoms with Crippen molar-refractivity contribution in [3.63, 3.8) is 0 Å². The lowest BCUT2D eigenvalue weighted by Crippen LogP contribution is -1.77. The predicted octanol–water partition coefficient (Wildman–Crippen LogP) is 3.11. The molecule has 18 heavy (non-hydrogen) atoms. The van der Waals surface area contributed by atoms with Crippen molar-refractivity contribution < 1.29 is 0 Å². The number of hydrogen-bond acceptors (Lipinski definition) is 2. The molecule has 4 aromatic rings. The maximum absolute atomic E-state index is 4.42. The van der Waals surface area contributed by atoms with Crippen molar-refractivity contribution in [1.29, 1.82) is 0 Å². The van der Waals surface area contributed by atoms with Crippen molar-refractivity contribution in [1.82, 2.24) is 20.2 Å². The van der Waals surface area contributed by atoms with Crippen LogP contribution in [0, 0.1) is 0 Å². The van der Waals surface area contributed by atoms with Crippen LogP contribution in [0.1, 0.15) is 0 Å². The van der Waals surface area contributed by atoms with Crippen molar-refractivity contribution in [2.75, 3.05) is 0 Å². The third-order valence-electron chi connectivity index (χ3n) is 3.18. The molecule has 1 aromatic carbocycles. The first-order valence-electron chi connectivity index (χ1n) is 5.79. The van der Waals surface area contributed by atoms with E-state index in [0.717, 1.165) is 33.2 Å². The first kappa shape index (κ1) is 9.41. The molecule has 2 N–H and O–H groups in total. The summed E-state index contributed by atoms with van der Waals surface area (Å²) in [7, 11) is 0. The molecule has 4 heteroatoms. The average Bonchev–Trinajstić information content (AvgIpc) is 3.01. The van der Waals surface area contributed by atoms with Gasteiger partial charge in [-0.3, -0.25) is 5.10 Å². The number of pyridine rings is 1. The predicted molar refractivity (Wildman–Crippen MR) is 71.2 cm³/mol. The zero-order valence-electron chi connectivity index (χ0n) is 9.51. The van der Waals surface area contributed by atoms with Gasteiger partial charge in [-0.15, -0.1) is 0 Å². The van der Waals surface area contributed by atoms with Gasteiger partial charge in [0, 0.05) is 28.7 Å². The Kier molecular flexibility index (Phi) is 1.80. The molecule has 0 unspecified atom stereocenters. The number of rotatable bonds is 1. The molecule has 4 nitrogen and oxygen atoms in total. The second kappa shape index (κ2) is 3.43. The number of aromatic amines is 2. The number of hydrogen-bond donors (Lipinski definition) is 2. The Bertz CT molecular complexity index is 769. The van der Waals surface area contributed by atoms with Crippen molar-refractivity contribution in [3.05, 3.63) is 48.8 Å². The van der Waals surface area contributed by atoms with Crippen LogP contribution in [0.2, 0.25) is 0 Å². The summed E-state index contributed by atoms with van der Waals surface area (Å²) in [4.78, 5) is 7.47. The Balaban J connectivity index is 2.08. The van der Waals surface area contributed by atoms with E-state index in [-0.39, 0.29) is 0 Å². The molecule has 0 aliphatic rings. The van der Waals surface area contributed by atoms with Gasteiger partial charge in [0.25, 0.3) is 0 Å². The molecule has 0 aliphatic heterocycles. The van der Waals surface area contributed by atoms with Gasteiger partial charge in [0.1, 0.15) is 11.3 Å². The van der Waals surface area contributed by atoms with Gasteiger partial charge < -0.3 is 4.98 Å². The van der Waals surface area contributed by atoms with E-state index in [0.29, 0.717) is 0 Å². The van der Waals surface area contributed by atoms with Crippen LogP contribution in [-0.4, -0.2) is 20.2 Å². The lowest BCUT2D eigenvalue weighted by molar-refractivity contribution is 1.12. The van der Waals surface area contributed by atoms with Crippen molar-refractivity contribution >= 4 is 21.9 Å². The summed E-state index contributed by atoms with van der Waals surface area (Å²) in [5.74, 6) is 0. The molecule has 0 atom stereocenters. The molecule has 3 heterocycles. The van der Waals surface area contributed by atoms with Crippen LogP contribution >= 0.6 is 0 Å². The van der Waals surface area contributed by atoms with Crippen LogP contribution in [0.3, 0.4) is 0 Å². The van der Waals surface area contributed by atoms with E-state index in [1.165, 1.54) is 0 Å². The fraction of sp³-hybridized carbons (Fsp3) is 0. The highest BCUT2D eigenvalue weighted by atomic mass is 15.1. The molecular weight excluding hydrogens is 224 g/mol. The van der Waals surface area contributed by atoms with Gasteiger partial charge >= 0.3 is 0 Å². The van der Waals surface area contributed by atoms with Gasteiger partial charge in [-0.1, -0.05) is 18.2 Å². The SMILES string of the molecule is c1ccc2c(-c3c[nH]c4ncccc34)n[nH]c2c1. The van der Waals surface area contributed by atoms with Crippen LogP contribution in [-0.2, 0) is 0 Å². The summed E-state index contributed by atoms with van der Waals surface area (Å²) in [5, 5.41) is 9.69. The highest BCUT2D eigenvalue weighted by Gasteiger charge is 2.12. The molecular formula is C14H10N4. The van der Waals surface area contributed by atoms with Gasteiger partial charge in [-0.05, 0) is 18.2 Å². The van der Waals surface area contributed by atoms with E-state index in [9.17, 15) is 0 Å². The zero-order valence-corrected chi connectivity index (χ0v) is 9.51. The minimum Gasteiger partial charge on any atom is -0.345 e. The molecule has 0 amide bonds. The van der Waals surface area contributed by atoms with Crippen LogP contribution in [0.5, 0.6) is 0 Å². The summed E-state index contributed by atoms with van der Waals surface area (Å²) >= 11 is 0. The quantitative estimate of drug-likeness (QED) is 0.531. The normalized spacial score (nSPS) is 11.3. The van der Waals surface area contributed by atoms with E-state index in [1.54, 1.807) is 6.20 Å². The topological polar surface area (TPSA) is 57.4 Å². The first-order chi connectivity index (χ1) is 8.93. The number of fused-ring (bicyclic) bond motifs is 2. The third-order valence-corrected chi connectivity index (χ3v) is 3.18. The Morgan fingerprint density at radius 3 is 2.83 bits per heavy atom. The molecule has 86 valence electrons. The van der Waals surface area contributed by atoms with Gasteiger partial charge in [0.2, 0.25) is 0 Å². The number of H-pyrrole nitrogens is 2. The van der Waals surface area contributed by atoms with Gasteiger partial charge in [0.05, 0.1) is 5.52 Å². The zero-order chi connectivity index (χ0) is 11.9. The van der Waals surface area contributed by atoms with Gasteiger partial charge in [0.15, 0.2) is 0 Å². The van der Waals surface area contributed by atoms with Gasteiger partial charge in [-0.25, -0.2) is 4.98 Å². The molecule has 0 fully saturated rings. The molecule has 3 aromatic heterocycles. The van der Waals surface area contributed by atoms with Crippen LogP contribution in [0.25, 0.3) is 33.2 Å². The maximum atomic E-state index is 4.42. The number of nitrogens with one attached hydrogen (secondary N) is 2.